The zero-order chi connectivity index (χ0) is 14.7. The summed E-state index contributed by atoms with van der Waals surface area (Å²) in [5, 5.41) is 12.6. The van der Waals surface area contributed by atoms with Crippen LogP contribution in [0.15, 0.2) is 46.2 Å². The summed E-state index contributed by atoms with van der Waals surface area (Å²) in [6.07, 6.45) is 1.73. The van der Waals surface area contributed by atoms with E-state index < -0.39 is 0 Å². The van der Waals surface area contributed by atoms with Crippen LogP contribution in [0.1, 0.15) is 17.1 Å². The van der Waals surface area contributed by atoms with Crippen molar-refractivity contribution in [3.8, 4) is 0 Å². The summed E-state index contributed by atoms with van der Waals surface area (Å²) in [5.41, 5.74) is 1.91. The van der Waals surface area contributed by atoms with Gasteiger partial charge in [0.05, 0.1) is 0 Å². The van der Waals surface area contributed by atoms with Crippen LogP contribution in [0.5, 0.6) is 0 Å². The SMILES string of the molecule is Cc1ccnn1Cc1nnc(SCc2cccc(F)c2)o1. The Morgan fingerprint density at radius 2 is 2.19 bits per heavy atom. The Bertz CT molecular complexity index is 740. The standard InChI is InChI=1S/C14H13FN4OS/c1-10-5-6-16-19(10)8-13-17-18-14(20-13)21-9-11-3-2-4-12(15)7-11/h2-7H,8-9H2,1H3. The van der Waals surface area contributed by atoms with Crippen molar-refractivity contribution in [3.05, 3.63) is 59.5 Å². The van der Waals surface area contributed by atoms with E-state index >= 15 is 0 Å². The molecule has 3 aromatic rings. The second-order valence-corrected chi connectivity index (χ2v) is 5.44. The fraction of sp³-hybridized carbons (Fsp3) is 0.214. The van der Waals surface area contributed by atoms with Crippen molar-refractivity contribution >= 4 is 11.8 Å². The van der Waals surface area contributed by atoms with Gasteiger partial charge in [-0.3, -0.25) is 4.68 Å². The van der Waals surface area contributed by atoms with Gasteiger partial charge in [0.2, 0.25) is 5.89 Å². The zero-order valence-electron chi connectivity index (χ0n) is 11.4. The van der Waals surface area contributed by atoms with Crippen molar-refractivity contribution in [1.29, 1.82) is 0 Å². The fourth-order valence-electron chi connectivity index (χ4n) is 1.82. The predicted octanol–water partition coefficient (Wildman–Crippen LogP) is 3.05. The van der Waals surface area contributed by atoms with E-state index in [9.17, 15) is 4.39 Å². The minimum atomic E-state index is -0.242. The lowest BCUT2D eigenvalue weighted by Gasteiger charge is -1.99. The van der Waals surface area contributed by atoms with Crippen LogP contribution in [0.4, 0.5) is 4.39 Å². The van der Waals surface area contributed by atoms with Crippen molar-refractivity contribution in [1.82, 2.24) is 20.0 Å². The predicted molar refractivity (Wildman–Crippen MR) is 76.3 cm³/mol. The molecule has 0 spiro atoms. The number of hydrogen-bond acceptors (Lipinski definition) is 5. The molecule has 0 aliphatic heterocycles. The van der Waals surface area contributed by atoms with Crippen LogP contribution < -0.4 is 0 Å². The molecule has 0 bridgehead atoms. The van der Waals surface area contributed by atoms with Crippen molar-refractivity contribution in [3.63, 3.8) is 0 Å². The smallest absolute Gasteiger partial charge is 0.276 e. The molecule has 21 heavy (non-hydrogen) atoms. The van der Waals surface area contributed by atoms with Gasteiger partial charge in [-0.05, 0) is 30.7 Å². The summed E-state index contributed by atoms with van der Waals surface area (Å²) in [5.74, 6) is 0.845. The van der Waals surface area contributed by atoms with E-state index in [0.29, 0.717) is 23.4 Å². The molecule has 108 valence electrons. The van der Waals surface area contributed by atoms with Crippen LogP contribution in [0.3, 0.4) is 0 Å². The van der Waals surface area contributed by atoms with Crippen LogP contribution in [0, 0.1) is 12.7 Å². The third kappa shape index (κ3) is 3.49. The van der Waals surface area contributed by atoms with Crippen LogP contribution in [0.25, 0.3) is 0 Å². The Kier molecular flexibility index (Phi) is 4.01. The van der Waals surface area contributed by atoms with Crippen molar-refractivity contribution in [2.45, 2.75) is 24.4 Å². The molecule has 0 N–H and O–H groups in total. The lowest BCUT2D eigenvalue weighted by molar-refractivity contribution is 0.396. The first-order chi connectivity index (χ1) is 10.2. The van der Waals surface area contributed by atoms with E-state index in [1.807, 2.05) is 19.1 Å². The number of thioether (sulfide) groups is 1. The number of rotatable bonds is 5. The van der Waals surface area contributed by atoms with Gasteiger partial charge in [0.15, 0.2) is 0 Å². The average molecular weight is 304 g/mol. The Morgan fingerprint density at radius 1 is 1.29 bits per heavy atom. The highest BCUT2D eigenvalue weighted by molar-refractivity contribution is 7.98. The van der Waals surface area contributed by atoms with E-state index in [0.717, 1.165) is 11.3 Å². The Balaban J connectivity index is 1.61. The number of benzene rings is 1. The van der Waals surface area contributed by atoms with E-state index in [1.165, 1.54) is 23.9 Å². The largest absolute Gasteiger partial charge is 0.414 e. The lowest BCUT2D eigenvalue weighted by Crippen LogP contribution is -2.03. The number of halogens is 1. The summed E-state index contributed by atoms with van der Waals surface area (Å²) in [6, 6.07) is 8.38. The molecule has 0 unspecified atom stereocenters. The molecule has 0 saturated heterocycles. The fourth-order valence-corrected chi connectivity index (χ4v) is 2.55. The van der Waals surface area contributed by atoms with Crippen LogP contribution in [-0.2, 0) is 12.3 Å². The summed E-state index contributed by atoms with van der Waals surface area (Å²) < 4.78 is 20.4. The Labute approximate surface area is 125 Å². The van der Waals surface area contributed by atoms with E-state index in [1.54, 1.807) is 16.9 Å². The Morgan fingerprint density at radius 3 is 2.95 bits per heavy atom. The summed E-state index contributed by atoms with van der Waals surface area (Å²) in [6.45, 7) is 2.41. The summed E-state index contributed by atoms with van der Waals surface area (Å²) >= 11 is 1.38. The van der Waals surface area contributed by atoms with Gasteiger partial charge >= 0.3 is 0 Å². The third-order valence-electron chi connectivity index (χ3n) is 2.91. The van der Waals surface area contributed by atoms with Gasteiger partial charge in [-0.15, -0.1) is 10.2 Å². The minimum Gasteiger partial charge on any atom is -0.414 e. The summed E-state index contributed by atoms with van der Waals surface area (Å²) in [7, 11) is 0. The molecule has 1 aromatic carbocycles. The first kappa shape index (κ1) is 13.8. The molecular formula is C14H13FN4OS. The molecule has 0 amide bonds. The first-order valence-electron chi connectivity index (χ1n) is 6.39. The van der Waals surface area contributed by atoms with E-state index in [2.05, 4.69) is 15.3 Å². The molecule has 5 nitrogen and oxygen atoms in total. The molecule has 0 fully saturated rings. The van der Waals surface area contributed by atoms with E-state index in [4.69, 9.17) is 4.42 Å². The second kappa shape index (κ2) is 6.09. The number of nitrogens with zero attached hydrogens (tertiary/aromatic N) is 4. The van der Waals surface area contributed by atoms with Gasteiger partial charge in [0.25, 0.3) is 5.22 Å². The molecule has 2 aromatic heterocycles. The van der Waals surface area contributed by atoms with Crippen LogP contribution >= 0.6 is 11.8 Å². The molecule has 7 heteroatoms. The van der Waals surface area contributed by atoms with Crippen molar-refractivity contribution in [2.75, 3.05) is 0 Å². The van der Waals surface area contributed by atoms with Gasteiger partial charge in [0.1, 0.15) is 12.4 Å². The number of aryl methyl sites for hydroxylation is 1. The van der Waals surface area contributed by atoms with Crippen molar-refractivity contribution in [2.24, 2.45) is 0 Å². The van der Waals surface area contributed by atoms with Gasteiger partial charge in [-0.25, -0.2) is 4.39 Å². The van der Waals surface area contributed by atoms with Gasteiger partial charge < -0.3 is 4.42 Å². The maximum absolute atomic E-state index is 13.1. The summed E-state index contributed by atoms with van der Waals surface area (Å²) in [4.78, 5) is 0. The highest BCUT2D eigenvalue weighted by Gasteiger charge is 2.09. The van der Waals surface area contributed by atoms with E-state index in [-0.39, 0.29) is 5.82 Å². The monoisotopic (exact) mass is 304 g/mol. The molecule has 3 rings (SSSR count). The second-order valence-electron chi connectivity index (χ2n) is 4.51. The quantitative estimate of drug-likeness (QED) is 0.678. The maximum Gasteiger partial charge on any atom is 0.276 e. The number of aromatic nitrogens is 4. The molecule has 0 atom stereocenters. The van der Waals surface area contributed by atoms with Crippen LogP contribution in [-0.4, -0.2) is 20.0 Å². The third-order valence-corrected chi connectivity index (χ3v) is 3.80. The Hall–Kier alpha value is -2.15. The number of hydrogen-bond donors (Lipinski definition) is 0. The molecule has 2 heterocycles. The minimum absolute atomic E-state index is 0.242. The molecule has 0 aliphatic rings. The molecule has 0 saturated carbocycles. The highest BCUT2D eigenvalue weighted by Crippen LogP contribution is 2.22. The maximum atomic E-state index is 13.1. The molecule has 0 radical (unpaired) electrons. The molecule has 0 aliphatic carbocycles. The zero-order valence-corrected chi connectivity index (χ0v) is 12.2. The lowest BCUT2D eigenvalue weighted by atomic mass is 10.2. The average Bonchev–Trinajstić information content (AvgIpc) is 3.07. The van der Waals surface area contributed by atoms with Crippen LogP contribution in [0.2, 0.25) is 0 Å². The highest BCUT2D eigenvalue weighted by atomic mass is 32.2. The van der Waals surface area contributed by atoms with Gasteiger partial charge in [0, 0.05) is 17.6 Å². The molecular weight excluding hydrogens is 291 g/mol. The van der Waals surface area contributed by atoms with Crippen molar-refractivity contribution < 1.29 is 8.81 Å². The normalized spacial score (nSPS) is 11.0. The first-order valence-corrected chi connectivity index (χ1v) is 7.37. The van der Waals surface area contributed by atoms with Gasteiger partial charge in [-0.1, -0.05) is 23.9 Å². The van der Waals surface area contributed by atoms with Gasteiger partial charge in [-0.2, -0.15) is 5.10 Å². The topological polar surface area (TPSA) is 56.7 Å².